The molecule has 1 nitrogen and oxygen atoms in total. The molecule has 0 aliphatic carbocycles. The Bertz CT molecular complexity index is 117. The number of thioether (sulfide) groups is 1. The van der Waals surface area contributed by atoms with Crippen LogP contribution < -0.4 is 0 Å². The van der Waals surface area contributed by atoms with E-state index in [1.807, 2.05) is 11.8 Å². The van der Waals surface area contributed by atoms with Crippen LogP contribution in [-0.2, 0) is 0 Å². The molecule has 0 saturated carbocycles. The highest BCUT2D eigenvalue weighted by Crippen LogP contribution is 2.05. The molecule has 1 rings (SSSR count). The SMILES string of the molecule is CSCN1C=CCC=C1. The summed E-state index contributed by atoms with van der Waals surface area (Å²) in [5.74, 6) is 1.06. The summed E-state index contributed by atoms with van der Waals surface area (Å²) in [6.45, 7) is 0. The molecule has 50 valence electrons. The third-order valence-corrected chi connectivity index (χ3v) is 1.70. The lowest BCUT2D eigenvalue weighted by Gasteiger charge is -2.15. The van der Waals surface area contributed by atoms with Gasteiger partial charge >= 0.3 is 0 Å². The van der Waals surface area contributed by atoms with E-state index in [2.05, 4.69) is 35.7 Å². The first-order chi connectivity index (χ1) is 4.43. The summed E-state index contributed by atoms with van der Waals surface area (Å²) in [4.78, 5) is 2.17. The Morgan fingerprint density at radius 1 is 1.44 bits per heavy atom. The fourth-order valence-corrected chi connectivity index (χ4v) is 1.23. The zero-order chi connectivity index (χ0) is 6.53. The van der Waals surface area contributed by atoms with Crippen molar-refractivity contribution >= 4 is 11.8 Å². The van der Waals surface area contributed by atoms with Gasteiger partial charge in [0.2, 0.25) is 0 Å². The van der Waals surface area contributed by atoms with Crippen LogP contribution in [0.25, 0.3) is 0 Å². The number of allylic oxidation sites excluding steroid dienone is 2. The van der Waals surface area contributed by atoms with Crippen LogP contribution in [0.15, 0.2) is 24.6 Å². The molecule has 0 radical (unpaired) electrons. The second-order valence-electron chi connectivity index (χ2n) is 1.94. The molecule has 9 heavy (non-hydrogen) atoms. The average molecular weight is 141 g/mol. The monoisotopic (exact) mass is 141 g/mol. The molecular formula is C7H11NS. The van der Waals surface area contributed by atoms with Crippen molar-refractivity contribution in [2.24, 2.45) is 0 Å². The lowest BCUT2D eigenvalue weighted by molar-refractivity contribution is 0.590. The minimum absolute atomic E-state index is 1.06. The summed E-state index contributed by atoms with van der Waals surface area (Å²) >= 11 is 1.83. The van der Waals surface area contributed by atoms with E-state index in [4.69, 9.17) is 0 Å². The normalized spacial score (nSPS) is 16.8. The molecule has 0 bridgehead atoms. The molecule has 0 amide bonds. The van der Waals surface area contributed by atoms with Gasteiger partial charge in [-0.3, -0.25) is 0 Å². The average Bonchev–Trinajstić information content (AvgIpc) is 1.91. The van der Waals surface area contributed by atoms with Crippen LogP contribution in [0.2, 0.25) is 0 Å². The van der Waals surface area contributed by atoms with Crippen LogP contribution in [0.3, 0.4) is 0 Å². The van der Waals surface area contributed by atoms with Crippen LogP contribution in [0.5, 0.6) is 0 Å². The zero-order valence-corrected chi connectivity index (χ0v) is 6.40. The van der Waals surface area contributed by atoms with Gasteiger partial charge < -0.3 is 4.90 Å². The number of nitrogens with zero attached hydrogens (tertiary/aromatic N) is 1. The van der Waals surface area contributed by atoms with E-state index in [1.54, 1.807) is 0 Å². The Morgan fingerprint density at radius 2 is 2.11 bits per heavy atom. The Balaban J connectivity index is 2.31. The van der Waals surface area contributed by atoms with Crippen molar-refractivity contribution in [3.63, 3.8) is 0 Å². The molecule has 1 heterocycles. The largest absolute Gasteiger partial charge is 0.345 e. The topological polar surface area (TPSA) is 3.24 Å². The van der Waals surface area contributed by atoms with Gasteiger partial charge in [0.25, 0.3) is 0 Å². The third-order valence-electron chi connectivity index (χ3n) is 1.14. The van der Waals surface area contributed by atoms with Gasteiger partial charge in [-0.2, -0.15) is 0 Å². The third kappa shape index (κ3) is 2.14. The lowest BCUT2D eigenvalue weighted by atomic mass is 10.3. The smallest absolute Gasteiger partial charge is 0.0673 e. The molecule has 2 heteroatoms. The van der Waals surface area contributed by atoms with Crippen molar-refractivity contribution in [1.82, 2.24) is 4.90 Å². The van der Waals surface area contributed by atoms with Crippen molar-refractivity contribution in [3.8, 4) is 0 Å². The van der Waals surface area contributed by atoms with Crippen molar-refractivity contribution < 1.29 is 0 Å². The first kappa shape index (κ1) is 6.75. The van der Waals surface area contributed by atoms with E-state index in [9.17, 15) is 0 Å². The summed E-state index contributed by atoms with van der Waals surface area (Å²) in [7, 11) is 0. The van der Waals surface area contributed by atoms with E-state index in [0.29, 0.717) is 0 Å². The van der Waals surface area contributed by atoms with Crippen molar-refractivity contribution in [2.75, 3.05) is 12.1 Å². The number of hydrogen-bond donors (Lipinski definition) is 0. The van der Waals surface area contributed by atoms with Crippen molar-refractivity contribution in [3.05, 3.63) is 24.6 Å². The molecule has 0 unspecified atom stereocenters. The van der Waals surface area contributed by atoms with Gasteiger partial charge in [0.05, 0.1) is 5.88 Å². The quantitative estimate of drug-likeness (QED) is 0.579. The highest BCUT2D eigenvalue weighted by molar-refractivity contribution is 7.98. The first-order valence-electron chi connectivity index (χ1n) is 3.01. The van der Waals surface area contributed by atoms with Gasteiger partial charge in [0.1, 0.15) is 0 Å². The number of rotatable bonds is 2. The summed E-state index contributed by atoms with van der Waals surface area (Å²) in [5.41, 5.74) is 0. The molecule has 0 atom stereocenters. The van der Waals surface area contributed by atoms with E-state index < -0.39 is 0 Å². The van der Waals surface area contributed by atoms with Crippen LogP contribution in [0, 0.1) is 0 Å². The molecule has 0 aromatic carbocycles. The summed E-state index contributed by atoms with van der Waals surface area (Å²) in [6, 6.07) is 0. The second kappa shape index (κ2) is 3.62. The first-order valence-corrected chi connectivity index (χ1v) is 4.41. The Kier molecular flexibility index (Phi) is 2.71. The van der Waals surface area contributed by atoms with Gasteiger partial charge in [0.15, 0.2) is 0 Å². The van der Waals surface area contributed by atoms with Gasteiger partial charge in [-0.15, -0.1) is 11.8 Å². The van der Waals surface area contributed by atoms with Gasteiger partial charge in [-0.1, -0.05) is 12.2 Å². The van der Waals surface area contributed by atoms with Gasteiger partial charge in [0, 0.05) is 12.4 Å². The minimum atomic E-state index is 1.06. The van der Waals surface area contributed by atoms with E-state index in [0.717, 1.165) is 12.3 Å². The zero-order valence-electron chi connectivity index (χ0n) is 5.58. The predicted molar refractivity (Wildman–Crippen MR) is 43.1 cm³/mol. The van der Waals surface area contributed by atoms with E-state index >= 15 is 0 Å². The van der Waals surface area contributed by atoms with E-state index in [-0.39, 0.29) is 0 Å². The van der Waals surface area contributed by atoms with E-state index in [1.165, 1.54) is 0 Å². The molecule has 0 N–H and O–H groups in total. The maximum Gasteiger partial charge on any atom is 0.0673 e. The molecule has 0 saturated heterocycles. The summed E-state index contributed by atoms with van der Waals surface area (Å²) < 4.78 is 0. The molecule has 0 aromatic heterocycles. The van der Waals surface area contributed by atoms with Crippen LogP contribution in [0.1, 0.15) is 6.42 Å². The highest BCUT2D eigenvalue weighted by atomic mass is 32.2. The number of hydrogen-bond acceptors (Lipinski definition) is 2. The minimum Gasteiger partial charge on any atom is -0.345 e. The standard InChI is InChI=1S/C7H11NS/c1-9-7-8-5-3-2-4-6-8/h3-6H,2,7H2,1H3. The van der Waals surface area contributed by atoms with Crippen LogP contribution in [-0.4, -0.2) is 17.0 Å². The summed E-state index contributed by atoms with van der Waals surface area (Å²) in [5, 5.41) is 0. The lowest BCUT2D eigenvalue weighted by Crippen LogP contribution is -2.09. The van der Waals surface area contributed by atoms with Crippen molar-refractivity contribution in [2.45, 2.75) is 6.42 Å². The molecular weight excluding hydrogens is 130 g/mol. The Hall–Kier alpha value is -0.370. The molecule has 0 fully saturated rings. The molecule has 1 aliphatic rings. The van der Waals surface area contributed by atoms with Gasteiger partial charge in [-0.05, 0) is 12.7 Å². The summed E-state index contributed by atoms with van der Waals surface area (Å²) in [6.07, 6.45) is 11.8. The molecule has 0 aromatic rings. The van der Waals surface area contributed by atoms with Gasteiger partial charge in [-0.25, -0.2) is 0 Å². The fraction of sp³-hybridized carbons (Fsp3) is 0.429. The Morgan fingerprint density at radius 3 is 2.67 bits per heavy atom. The predicted octanol–water partition coefficient (Wildman–Crippen LogP) is 2.04. The maximum absolute atomic E-state index is 2.17. The molecule has 1 aliphatic heterocycles. The van der Waals surface area contributed by atoms with Crippen LogP contribution >= 0.6 is 11.8 Å². The molecule has 0 spiro atoms. The van der Waals surface area contributed by atoms with Crippen molar-refractivity contribution in [1.29, 1.82) is 0 Å². The Labute approximate surface area is 60.4 Å². The maximum atomic E-state index is 2.17. The van der Waals surface area contributed by atoms with Crippen LogP contribution in [0.4, 0.5) is 0 Å². The highest BCUT2D eigenvalue weighted by Gasteiger charge is 1.92. The second-order valence-corrected chi connectivity index (χ2v) is 2.77. The fourth-order valence-electron chi connectivity index (χ4n) is 0.756.